The van der Waals surface area contributed by atoms with Crippen LogP contribution in [0.15, 0.2) is 23.3 Å². The first-order chi connectivity index (χ1) is 16.1. The SMILES string of the molecule is C[CH-]CC/C=C(\C)CCCC(C)(O)CCCC(C)CCC1=CC(O)C(C)C(C)C1OCCCC. The van der Waals surface area contributed by atoms with E-state index in [2.05, 4.69) is 60.1 Å². The van der Waals surface area contributed by atoms with Crippen LogP contribution in [0.1, 0.15) is 126 Å². The van der Waals surface area contributed by atoms with Crippen LogP contribution in [0.2, 0.25) is 0 Å². The summed E-state index contributed by atoms with van der Waals surface area (Å²) in [7, 11) is 0. The highest BCUT2D eigenvalue weighted by molar-refractivity contribution is 5.18. The van der Waals surface area contributed by atoms with Crippen LogP contribution < -0.4 is 0 Å². The highest BCUT2D eigenvalue weighted by Gasteiger charge is 2.34. The lowest BCUT2D eigenvalue weighted by molar-refractivity contribution is -0.0123. The molecular weight excluding hydrogens is 420 g/mol. The molecule has 0 radical (unpaired) electrons. The van der Waals surface area contributed by atoms with E-state index in [0.29, 0.717) is 11.8 Å². The van der Waals surface area contributed by atoms with Crippen LogP contribution in [0.25, 0.3) is 0 Å². The molecule has 3 heteroatoms. The van der Waals surface area contributed by atoms with E-state index in [1.165, 1.54) is 11.1 Å². The summed E-state index contributed by atoms with van der Waals surface area (Å²) in [6.45, 7) is 16.0. The minimum absolute atomic E-state index is 0.149. The summed E-state index contributed by atoms with van der Waals surface area (Å²) in [5, 5.41) is 21.3. The van der Waals surface area contributed by atoms with Gasteiger partial charge in [0.15, 0.2) is 0 Å². The van der Waals surface area contributed by atoms with Crippen molar-refractivity contribution in [2.45, 2.75) is 143 Å². The lowest BCUT2D eigenvalue weighted by Gasteiger charge is -2.38. The number of hydrogen-bond acceptors (Lipinski definition) is 3. The summed E-state index contributed by atoms with van der Waals surface area (Å²) in [5.41, 5.74) is 2.19. The Balaban J connectivity index is 2.40. The van der Waals surface area contributed by atoms with E-state index in [-0.39, 0.29) is 18.1 Å². The van der Waals surface area contributed by atoms with Gasteiger partial charge in [-0.1, -0.05) is 71.1 Å². The lowest BCUT2D eigenvalue weighted by atomic mass is 9.76. The number of rotatable bonds is 18. The molecule has 0 saturated heterocycles. The quantitative estimate of drug-likeness (QED) is 0.119. The van der Waals surface area contributed by atoms with Crippen molar-refractivity contribution >= 4 is 0 Å². The zero-order valence-corrected chi connectivity index (χ0v) is 23.6. The van der Waals surface area contributed by atoms with Crippen LogP contribution in [0, 0.1) is 24.2 Å². The van der Waals surface area contributed by atoms with Gasteiger partial charge in [0.05, 0.1) is 17.8 Å². The number of allylic oxidation sites excluding steroid dienone is 2. The standard InChI is InChI=1S/C31H57O3/c1-8-10-12-15-24(3)16-13-20-31(7,33)21-14-17-25(4)18-19-28-23-29(32)26(5)27(6)30(28)34-22-11-9-2/h8,15,23,25-27,29-30,32-33H,9-14,16-22H2,1-7H3/q-1/b24-15+. The van der Waals surface area contributed by atoms with Crippen molar-refractivity contribution in [2.24, 2.45) is 17.8 Å². The molecule has 6 atom stereocenters. The van der Waals surface area contributed by atoms with E-state index in [9.17, 15) is 10.2 Å². The molecule has 1 aliphatic rings. The molecule has 0 fully saturated rings. The molecule has 1 aliphatic carbocycles. The molecule has 0 heterocycles. The van der Waals surface area contributed by atoms with Crippen molar-refractivity contribution in [3.05, 3.63) is 29.7 Å². The molecule has 0 saturated carbocycles. The summed E-state index contributed by atoms with van der Waals surface area (Å²) in [5.74, 6) is 1.20. The van der Waals surface area contributed by atoms with Gasteiger partial charge in [0, 0.05) is 6.61 Å². The Morgan fingerprint density at radius 2 is 1.88 bits per heavy atom. The minimum Gasteiger partial charge on any atom is -0.390 e. The third kappa shape index (κ3) is 12.4. The van der Waals surface area contributed by atoms with E-state index in [0.717, 1.165) is 83.7 Å². The number of aliphatic hydroxyl groups is 2. The Bertz CT molecular complexity index is 591. The van der Waals surface area contributed by atoms with Gasteiger partial charge >= 0.3 is 0 Å². The normalized spacial score (nSPS) is 26.3. The second kappa shape index (κ2) is 16.9. The molecule has 0 aromatic rings. The molecule has 0 aromatic heterocycles. The summed E-state index contributed by atoms with van der Waals surface area (Å²) in [4.78, 5) is 0. The largest absolute Gasteiger partial charge is 0.390 e. The second-order valence-corrected chi connectivity index (χ2v) is 11.5. The maximum Gasteiger partial charge on any atom is 0.0815 e. The first-order valence-corrected chi connectivity index (χ1v) is 14.3. The Kier molecular flexibility index (Phi) is 15.6. The van der Waals surface area contributed by atoms with E-state index in [1.807, 2.05) is 6.92 Å². The highest BCUT2D eigenvalue weighted by Crippen LogP contribution is 2.35. The fraction of sp³-hybridized carbons (Fsp3) is 0.839. The van der Waals surface area contributed by atoms with Gasteiger partial charge < -0.3 is 21.4 Å². The molecule has 0 spiro atoms. The number of hydrogen-bond donors (Lipinski definition) is 2. The van der Waals surface area contributed by atoms with Crippen molar-refractivity contribution in [1.82, 2.24) is 0 Å². The summed E-state index contributed by atoms with van der Waals surface area (Å²) >= 11 is 0. The van der Waals surface area contributed by atoms with Crippen molar-refractivity contribution in [3.63, 3.8) is 0 Å². The number of aliphatic hydroxyl groups excluding tert-OH is 1. The smallest absolute Gasteiger partial charge is 0.0815 e. The highest BCUT2D eigenvalue weighted by atomic mass is 16.5. The summed E-state index contributed by atoms with van der Waals surface area (Å²) < 4.78 is 6.29. The maximum atomic E-state index is 10.8. The molecule has 0 aliphatic heterocycles. The Morgan fingerprint density at radius 3 is 2.56 bits per heavy atom. The van der Waals surface area contributed by atoms with Crippen molar-refractivity contribution in [3.8, 4) is 0 Å². The first kappa shape index (κ1) is 31.4. The average molecular weight is 478 g/mol. The predicted octanol–water partition coefficient (Wildman–Crippen LogP) is 8.20. The minimum atomic E-state index is -0.559. The molecule has 34 heavy (non-hydrogen) atoms. The fourth-order valence-electron chi connectivity index (χ4n) is 5.09. The Labute approximate surface area is 212 Å². The predicted molar refractivity (Wildman–Crippen MR) is 147 cm³/mol. The van der Waals surface area contributed by atoms with Crippen LogP contribution >= 0.6 is 0 Å². The molecule has 1 rings (SSSR count). The van der Waals surface area contributed by atoms with Crippen molar-refractivity contribution in [1.29, 1.82) is 0 Å². The van der Waals surface area contributed by atoms with E-state index in [4.69, 9.17) is 4.74 Å². The van der Waals surface area contributed by atoms with Crippen molar-refractivity contribution < 1.29 is 14.9 Å². The van der Waals surface area contributed by atoms with Gasteiger partial charge in [-0.15, -0.1) is 0 Å². The monoisotopic (exact) mass is 477 g/mol. The molecule has 0 amide bonds. The number of unbranched alkanes of at least 4 members (excludes halogenated alkanes) is 3. The van der Waals surface area contributed by atoms with Gasteiger partial charge in [-0.2, -0.15) is 13.3 Å². The molecular formula is C31H57O3-. The number of ether oxygens (including phenoxy) is 1. The van der Waals surface area contributed by atoms with E-state index < -0.39 is 5.60 Å². The fourth-order valence-corrected chi connectivity index (χ4v) is 5.09. The van der Waals surface area contributed by atoms with Crippen molar-refractivity contribution in [2.75, 3.05) is 6.61 Å². The van der Waals surface area contributed by atoms with Crippen LogP contribution in [-0.2, 0) is 4.74 Å². The lowest BCUT2D eigenvalue weighted by Crippen LogP contribution is -2.39. The van der Waals surface area contributed by atoms with E-state index >= 15 is 0 Å². The summed E-state index contributed by atoms with van der Waals surface area (Å²) in [6, 6.07) is 0. The van der Waals surface area contributed by atoms with Crippen LogP contribution in [0.3, 0.4) is 0 Å². The average Bonchev–Trinajstić information content (AvgIpc) is 2.77. The molecule has 6 unspecified atom stereocenters. The third-order valence-electron chi connectivity index (χ3n) is 7.96. The zero-order chi connectivity index (χ0) is 25.6. The van der Waals surface area contributed by atoms with Crippen LogP contribution in [-0.4, -0.2) is 34.6 Å². The zero-order valence-electron chi connectivity index (χ0n) is 23.6. The van der Waals surface area contributed by atoms with Gasteiger partial charge in [-0.3, -0.25) is 0 Å². The molecule has 200 valence electrons. The van der Waals surface area contributed by atoms with Crippen LogP contribution in [0.4, 0.5) is 0 Å². The molecule has 2 N–H and O–H groups in total. The van der Waals surface area contributed by atoms with Crippen LogP contribution in [0.5, 0.6) is 0 Å². The molecule has 3 nitrogen and oxygen atoms in total. The van der Waals surface area contributed by atoms with E-state index in [1.54, 1.807) is 0 Å². The topological polar surface area (TPSA) is 49.7 Å². The molecule has 0 bridgehead atoms. The van der Waals surface area contributed by atoms with Gasteiger partial charge in [0.1, 0.15) is 0 Å². The van der Waals surface area contributed by atoms with Gasteiger partial charge in [-0.05, 0) is 82.1 Å². The second-order valence-electron chi connectivity index (χ2n) is 11.5. The summed E-state index contributed by atoms with van der Waals surface area (Å²) in [6.07, 6.45) is 19.2. The Morgan fingerprint density at radius 1 is 1.18 bits per heavy atom. The van der Waals surface area contributed by atoms with Gasteiger partial charge in [-0.25, -0.2) is 0 Å². The Hall–Kier alpha value is -0.640. The third-order valence-corrected chi connectivity index (χ3v) is 7.96. The first-order valence-electron chi connectivity index (χ1n) is 14.3. The van der Waals surface area contributed by atoms with Gasteiger partial charge in [0.25, 0.3) is 0 Å². The molecule has 0 aromatic carbocycles. The maximum absolute atomic E-state index is 10.8. The van der Waals surface area contributed by atoms with Gasteiger partial charge in [0.2, 0.25) is 0 Å².